The summed E-state index contributed by atoms with van der Waals surface area (Å²) in [5.74, 6) is -1.27. The molecule has 0 atom stereocenters. The first-order valence-corrected chi connectivity index (χ1v) is 5.38. The minimum absolute atomic E-state index is 0.152. The molecule has 0 spiro atoms. The molecule has 0 aromatic carbocycles. The van der Waals surface area contributed by atoms with Crippen LogP contribution >= 0.6 is 11.3 Å². The molecule has 0 saturated heterocycles. The average molecular weight is 234 g/mol. The predicted molar refractivity (Wildman–Crippen MR) is 58.6 cm³/mol. The van der Waals surface area contributed by atoms with Gasteiger partial charge in [0.1, 0.15) is 5.69 Å². The molecule has 0 fully saturated rings. The number of hydrogen-bond donors (Lipinski definition) is 2. The monoisotopic (exact) mass is 234 g/mol. The SMILES string of the molecule is O=C(O)c1cc(-c2c[nH]c3ccsc23)no1. The molecule has 0 aliphatic carbocycles. The summed E-state index contributed by atoms with van der Waals surface area (Å²) < 4.78 is 5.76. The number of carboxylic acid groups (broad SMARTS) is 1. The molecule has 6 heteroatoms. The third-order valence-corrected chi connectivity index (χ3v) is 3.23. The van der Waals surface area contributed by atoms with Gasteiger partial charge in [-0.05, 0) is 11.4 Å². The van der Waals surface area contributed by atoms with Crippen LogP contribution in [0.2, 0.25) is 0 Å². The molecule has 0 bridgehead atoms. The van der Waals surface area contributed by atoms with Gasteiger partial charge in [-0.25, -0.2) is 4.79 Å². The number of aromatic amines is 1. The van der Waals surface area contributed by atoms with Gasteiger partial charge < -0.3 is 14.6 Å². The van der Waals surface area contributed by atoms with Crippen molar-refractivity contribution < 1.29 is 14.4 Å². The smallest absolute Gasteiger partial charge is 0.374 e. The highest BCUT2D eigenvalue weighted by molar-refractivity contribution is 7.17. The van der Waals surface area contributed by atoms with E-state index in [4.69, 9.17) is 9.63 Å². The maximum atomic E-state index is 10.7. The number of aromatic nitrogens is 2. The van der Waals surface area contributed by atoms with E-state index in [0.717, 1.165) is 15.8 Å². The molecule has 3 aromatic heterocycles. The first-order chi connectivity index (χ1) is 7.75. The molecule has 5 nitrogen and oxygen atoms in total. The molecule has 16 heavy (non-hydrogen) atoms. The van der Waals surface area contributed by atoms with Gasteiger partial charge >= 0.3 is 5.97 Å². The molecular weight excluding hydrogens is 228 g/mol. The number of hydrogen-bond acceptors (Lipinski definition) is 4. The number of carboxylic acids is 1. The molecule has 0 aliphatic rings. The third-order valence-electron chi connectivity index (χ3n) is 2.28. The van der Waals surface area contributed by atoms with Gasteiger partial charge in [0.15, 0.2) is 0 Å². The van der Waals surface area contributed by atoms with Crippen molar-refractivity contribution in [1.29, 1.82) is 0 Å². The number of carbonyl (C=O) groups is 1. The average Bonchev–Trinajstić information content (AvgIpc) is 2.92. The van der Waals surface area contributed by atoms with E-state index in [1.165, 1.54) is 6.07 Å². The lowest BCUT2D eigenvalue weighted by molar-refractivity contribution is 0.0652. The summed E-state index contributed by atoms with van der Waals surface area (Å²) in [5.41, 5.74) is 2.41. The van der Waals surface area contributed by atoms with Crippen molar-refractivity contribution in [2.75, 3.05) is 0 Å². The fourth-order valence-corrected chi connectivity index (χ4v) is 2.42. The van der Waals surface area contributed by atoms with Crippen LogP contribution in [0.25, 0.3) is 21.5 Å². The molecule has 80 valence electrons. The second kappa shape index (κ2) is 3.21. The Kier molecular flexibility index (Phi) is 1.84. The largest absolute Gasteiger partial charge is 0.475 e. The van der Waals surface area contributed by atoms with Crippen LogP contribution in [0.1, 0.15) is 10.6 Å². The van der Waals surface area contributed by atoms with E-state index in [-0.39, 0.29) is 5.76 Å². The van der Waals surface area contributed by atoms with E-state index in [9.17, 15) is 4.79 Å². The molecular formula is C10H6N2O3S. The normalized spacial score (nSPS) is 11.0. The molecule has 3 rings (SSSR count). The first kappa shape index (κ1) is 9.17. The summed E-state index contributed by atoms with van der Waals surface area (Å²) in [6, 6.07) is 3.38. The van der Waals surface area contributed by atoms with Gasteiger partial charge in [-0.3, -0.25) is 0 Å². The van der Waals surface area contributed by atoms with E-state index in [1.807, 2.05) is 11.4 Å². The summed E-state index contributed by atoms with van der Waals surface area (Å²) >= 11 is 1.57. The van der Waals surface area contributed by atoms with Crippen LogP contribution < -0.4 is 0 Å². The second-order valence-corrected chi connectivity index (χ2v) is 4.16. The Morgan fingerprint density at radius 3 is 3.19 bits per heavy atom. The Morgan fingerprint density at radius 2 is 2.44 bits per heavy atom. The topological polar surface area (TPSA) is 79.1 Å². The Morgan fingerprint density at radius 1 is 1.56 bits per heavy atom. The summed E-state index contributed by atoms with van der Waals surface area (Å²) in [6.07, 6.45) is 1.80. The van der Waals surface area contributed by atoms with E-state index >= 15 is 0 Å². The zero-order valence-corrected chi connectivity index (χ0v) is 8.75. The van der Waals surface area contributed by atoms with Crippen LogP contribution in [0.15, 0.2) is 28.2 Å². The van der Waals surface area contributed by atoms with Crippen LogP contribution in [0.3, 0.4) is 0 Å². The molecule has 0 radical (unpaired) electrons. The lowest BCUT2D eigenvalue weighted by Gasteiger charge is -1.86. The highest BCUT2D eigenvalue weighted by atomic mass is 32.1. The van der Waals surface area contributed by atoms with E-state index in [0.29, 0.717) is 5.69 Å². The number of fused-ring (bicyclic) bond motifs is 1. The fourth-order valence-electron chi connectivity index (χ4n) is 1.54. The Bertz CT molecular complexity index is 664. The maximum absolute atomic E-state index is 10.7. The molecule has 0 amide bonds. The zero-order chi connectivity index (χ0) is 11.1. The minimum atomic E-state index is -1.11. The number of rotatable bonds is 2. The molecule has 0 aliphatic heterocycles. The molecule has 3 aromatic rings. The summed E-state index contributed by atoms with van der Waals surface area (Å²) in [7, 11) is 0. The van der Waals surface area contributed by atoms with Crippen molar-refractivity contribution in [1.82, 2.24) is 10.1 Å². The van der Waals surface area contributed by atoms with Gasteiger partial charge in [-0.15, -0.1) is 11.3 Å². The Balaban J connectivity index is 2.15. The number of nitrogens with zero attached hydrogens (tertiary/aromatic N) is 1. The third kappa shape index (κ3) is 1.24. The maximum Gasteiger partial charge on any atom is 0.374 e. The van der Waals surface area contributed by atoms with E-state index in [2.05, 4.69) is 10.1 Å². The van der Waals surface area contributed by atoms with Gasteiger partial charge in [-0.1, -0.05) is 5.16 Å². The van der Waals surface area contributed by atoms with Crippen LogP contribution in [-0.4, -0.2) is 21.2 Å². The van der Waals surface area contributed by atoms with Crippen LogP contribution in [0.4, 0.5) is 0 Å². The van der Waals surface area contributed by atoms with Gasteiger partial charge in [0.05, 0.1) is 10.2 Å². The number of H-pyrrole nitrogens is 1. The van der Waals surface area contributed by atoms with E-state index in [1.54, 1.807) is 17.5 Å². The van der Waals surface area contributed by atoms with Crippen LogP contribution in [-0.2, 0) is 0 Å². The van der Waals surface area contributed by atoms with Crippen molar-refractivity contribution in [2.24, 2.45) is 0 Å². The lowest BCUT2D eigenvalue weighted by Crippen LogP contribution is -1.91. The zero-order valence-electron chi connectivity index (χ0n) is 7.93. The van der Waals surface area contributed by atoms with Crippen molar-refractivity contribution in [3.05, 3.63) is 29.5 Å². The number of nitrogens with one attached hydrogen (secondary N) is 1. The highest BCUT2D eigenvalue weighted by Gasteiger charge is 2.15. The van der Waals surface area contributed by atoms with Crippen molar-refractivity contribution in [2.45, 2.75) is 0 Å². The molecule has 3 heterocycles. The summed E-state index contributed by atoms with van der Waals surface area (Å²) in [6.45, 7) is 0. The van der Waals surface area contributed by atoms with Crippen LogP contribution in [0.5, 0.6) is 0 Å². The second-order valence-electron chi connectivity index (χ2n) is 3.25. The van der Waals surface area contributed by atoms with Gasteiger partial charge in [-0.2, -0.15) is 0 Å². The highest BCUT2D eigenvalue weighted by Crippen LogP contribution is 2.31. The first-order valence-electron chi connectivity index (χ1n) is 4.50. The lowest BCUT2D eigenvalue weighted by atomic mass is 10.2. The minimum Gasteiger partial charge on any atom is -0.475 e. The van der Waals surface area contributed by atoms with Gasteiger partial charge in [0.2, 0.25) is 5.76 Å². The van der Waals surface area contributed by atoms with Crippen molar-refractivity contribution in [3.63, 3.8) is 0 Å². The summed E-state index contributed by atoms with van der Waals surface area (Å²) in [4.78, 5) is 13.7. The summed E-state index contributed by atoms with van der Waals surface area (Å²) in [5, 5.41) is 14.4. The Hall–Kier alpha value is -2.08. The van der Waals surface area contributed by atoms with Crippen LogP contribution in [0, 0.1) is 0 Å². The van der Waals surface area contributed by atoms with Crippen molar-refractivity contribution in [3.8, 4) is 11.3 Å². The predicted octanol–water partition coefficient (Wildman–Crippen LogP) is 2.58. The standard InChI is InChI=1S/C10H6N2O3S/c13-10(14)8-3-7(12-15-8)5-4-11-6-1-2-16-9(5)6/h1-4,11H,(H,13,14). The molecule has 2 N–H and O–H groups in total. The number of aromatic carboxylic acids is 1. The molecule has 0 unspecified atom stereocenters. The fraction of sp³-hybridized carbons (Fsp3) is 0. The van der Waals surface area contributed by atoms with Crippen molar-refractivity contribution >= 4 is 27.5 Å². The van der Waals surface area contributed by atoms with E-state index < -0.39 is 5.97 Å². The molecule has 0 saturated carbocycles. The van der Waals surface area contributed by atoms with Gasteiger partial charge in [0, 0.05) is 17.8 Å². The van der Waals surface area contributed by atoms with Gasteiger partial charge in [0.25, 0.3) is 0 Å². The Labute approximate surface area is 93.3 Å². The quantitative estimate of drug-likeness (QED) is 0.714. The number of thiophene rings is 1.